The van der Waals surface area contributed by atoms with Crippen molar-refractivity contribution in [2.45, 2.75) is 31.5 Å². The van der Waals surface area contributed by atoms with Gasteiger partial charge in [0.05, 0.1) is 23.8 Å². The van der Waals surface area contributed by atoms with Crippen LogP contribution >= 0.6 is 0 Å². The van der Waals surface area contributed by atoms with Crippen LogP contribution in [0.25, 0.3) is 0 Å². The molecule has 2 aromatic rings. The Labute approximate surface area is 119 Å². The number of nitrogens with zero attached hydrogens (tertiary/aromatic N) is 4. The summed E-state index contributed by atoms with van der Waals surface area (Å²) < 4.78 is 2.28. The predicted molar refractivity (Wildman–Crippen MR) is 78.0 cm³/mol. The second-order valence-electron chi connectivity index (χ2n) is 5.44. The van der Waals surface area contributed by atoms with Gasteiger partial charge in [-0.25, -0.2) is 4.98 Å². The third-order valence-electron chi connectivity index (χ3n) is 3.87. The minimum Gasteiger partial charge on any atom is -0.330 e. The van der Waals surface area contributed by atoms with Gasteiger partial charge in [0.25, 0.3) is 0 Å². The topological polar surface area (TPSA) is 60.0 Å². The summed E-state index contributed by atoms with van der Waals surface area (Å²) in [4.78, 5) is 10.9. The van der Waals surface area contributed by atoms with Crippen molar-refractivity contribution in [1.82, 2.24) is 19.4 Å². The van der Waals surface area contributed by atoms with Crippen molar-refractivity contribution in [2.75, 3.05) is 13.6 Å². The summed E-state index contributed by atoms with van der Waals surface area (Å²) in [6, 6.07) is 6.81. The van der Waals surface area contributed by atoms with E-state index < -0.39 is 0 Å². The Bertz CT molecular complexity index is 546. The molecular weight excluding hydrogens is 250 g/mol. The molecule has 0 aromatic carbocycles. The van der Waals surface area contributed by atoms with Crippen molar-refractivity contribution in [3.8, 4) is 0 Å². The molecule has 0 bridgehead atoms. The fourth-order valence-corrected chi connectivity index (χ4v) is 2.61. The normalized spacial score (nSPS) is 16.6. The number of hydrogen-bond acceptors (Lipinski definition) is 4. The fraction of sp³-hybridized carbons (Fsp3) is 0.467. The molecular formula is C15H21N5. The van der Waals surface area contributed by atoms with Gasteiger partial charge in [-0.15, -0.1) is 0 Å². The number of nitrogens with two attached hydrogens (primary N) is 1. The van der Waals surface area contributed by atoms with Gasteiger partial charge in [-0.2, -0.15) is 0 Å². The maximum atomic E-state index is 6.00. The molecule has 3 rings (SSSR count). The van der Waals surface area contributed by atoms with Gasteiger partial charge in [-0.05, 0) is 32.0 Å². The molecule has 5 heteroatoms. The van der Waals surface area contributed by atoms with Gasteiger partial charge in [0.15, 0.2) is 0 Å². The number of pyridine rings is 1. The van der Waals surface area contributed by atoms with Gasteiger partial charge < -0.3 is 10.3 Å². The van der Waals surface area contributed by atoms with E-state index in [0.717, 1.165) is 12.2 Å². The summed E-state index contributed by atoms with van der Waals surface area (Å²) in [5, 5.41) is 0. The van der Waals surface area contributed by atoms with Crippen LogP contribution in [0.3, 0.4) is 0 Å². The average molecular weight is 271 g/mol. The summed E-state index contributed by atoms with van der Waals surface area (Å²) in [7, 11) is 2.09. The molecule has 106 valence electrons. The van der Waals surface area contributed by atoms with Gasteiger partial charge in [-0.3, -0.25) is 9.88 Å². The van der Waals surface area contributed by atoms with Gasteiger partial charge in [0, 0.05) is 31.5 Å². The van der Waals surface area contributed by atoms with Crippen molar-refractivity contribution in [3.05, 3.63) is 48.3 Å². The molecule has 1 aliphatic carbocycles. The van der Waals surface area contributed by atoms with E-state index in [1.807, 2.05) is 36.9 Å². The molecule has 0 radical (unpaired) electrons. The molecule has 1 saturated carbocycles. The molecule has 5 nitrogen and oxygen atoms in total. The van der Waals surface area contributed by atoms with Crippen molar-refractivity contribution in [3.63, 3.8) is 0 Å². The van der Waals surface area contributed by atoms with Crippen LogP contribution in [0.15, 0.2) is 36.9 Å². The highest BCUT2D eigenvalue weighted by atomic mass is 15.2. The predicted octanol–water partition coefficient (Wildman–Crippen LogP) is 1.74. The van der Waals surface area contributed by atoms with E-state index in [0.29, 0.717) is 12.6 Å². The molecule has 0 saturated heterocycles. The quantitative estimate of drug-likeness (QED) is 0.869. The Kier molecular flexibility index (Phi) is 3.80. The van der Waals surface area contributed by atoms with E-state index >= 15 is 0 Å². The maximum Gasteiger partial charge on any atom is 0.0951 e. The Balaban J connectivity index is 1.76. The van der Waals surface area contributed by atoms with E-state index in [2.05, 4.69) is 26.5 Å². The van der Waals surface area contributed by atoms with E-state index in [9.17, 15) is 0 Å². The molecule has 1 atom stereocenters. The Morgan fingerprint density at radius 3 is 2.95 bits per heavy atom. The summed E-state index contributed by atoms with van der Waals surface area (Å²) in [6.45, 7) is 1.38. The molecule has 1 fully saturated rings. The fourth-order valence-electron chi connectivity index (χ4n) is 2.61. The Hall–Kier alpha value is -1.72. The smallest absolute Gasteiger partial charge is 0.0951 e. The van der Waals surface area contributed by atoms with E-state index in [-0.39, 0.29) is 6.04 Å². The minimum atomic E-state index is 0.181. The monoisotopic (exact) mass is 271 g/mol. The third kappa shape index (κ3) is 2.73. The van der Waals surface area contributed by atoms with Crippen LogP contribution in [0, 0.1) is 0 Å². The number of likely N-dealkylation sites (N-methyl/N-ethyl adjacent to an activating group) is 1. The highest BCUT2D eigenvalue weighted by molar-refractivity contribution is 5.11. The molecule has 20 heavy (non-hydrogen) atoms. The molecule has 0 amide bonds. The lowest BCUT2D eigenvalue weighted by Gasteiger charge is -2.27. The lowest BCUT2D eigenvalue weighted by molar-refractivity contribution is 0.229. The van der Waals surface area contributed by atoms with Crippen LogP contribution in [-0.4, -0.2) is 33.0 Å². The van der Waals surface area contributed by atoms with E-state index in [1.54, 1.807) is 0 Å². The molecule has 1 aliphatic rings. The van der Waals surface area contributed by atoms with Gasteiger partial charge in [0.1, 0.15) is 0 Å². The summed E-state index contributed by atoms with van der Waals surface area (Å²) in [5.74, 6) is 0. The minimum absolute atomic E-state index is 0.181. The molecule has 2 N–H and O–H groups in total. The molecule has 0 spiro atoms. The molecule has 0 aliphatic heterocycles. The Morgan fingerprint density at radius 1 is 1.45 bits per heavy atom. The van der Waals surface area contributed by atoms with Crippen molar-refractivity contribution in [2.24, 2.45) is 5.73 Å². The standard InChI is InChI=1S/C15H21N5/c1-19(10-12-4-2-3-7-18-12)14(8-16)15-9-17-11-20(15)13-5-6-13/h2-4,7,9,11,13-14H,5-6,8,10,16H2,1H3. The number of aromatic nitrogens is 3. The van der Waals surface area contributed by atoms with E-state index in [4.69, 9.17) is 5.73 Å². The second-order valence-corrected chi connectivity index (χ2v) is 5.44. The van der Waals surface area contributed by atoms with Gasteiger partial charge in [0.2, 0.25) is 0 Å². The maximum absolute atomic E-state index is 6.00. The van der Waals surface area contributed by atoms with Crippen LogP contribution in [-0.2, 0) is 6.54 Å². The summed E-state index contributed by atoms with van der Waals surface area (Å²) in [6.07, 6.45) is 8.22. The number of imidazole rings is 1. The van der Waals surface area contributed by atoms with Crippen LogP contribution in [0.2, 0.25) is 0 Å². The largest absolute Gasteiger partial charge is 0.330 e. The lowest BCUT2D eigenvalue weighted by Crippen LogP contribution is -2.32. The van der Waals surface area contributed by atoms with E-state index in [1.165, 1.54) is 18.5 Å². The first-order chi connectivity index (χ1) is 9.79. The van der Waals surface area contributed by atoms with Crippen LogP contribution < -0.4 is 5.73 Å². The molecule has 2 heterocycles. The van der Waals surface area contributed by atoms with Crippen LogP contribution in [0.5, 0.6) is 0 Å². The van der Waals surface area contributed by atoms with Crippen LogP contribution in [0.1, 0.15) is 36.3 Å². The van der Waals surface area contributed by atoms with Gasteiger partial charge in [-0.1, -0.05) is 6.07 Å². The van der Waals surface area contributed by atoms with Crippen LogP contribution in [0.4, 0.5) is 0 Å². The lowest BCUT2D eigenvalue weighted by atomic mass is 10.1. The molecule has 2 aromatic heterocycles. The summed E-state index contributed by atoms with van der Waals surface area (Å²) >= 11 is 0. The Morgan fingerprint density at radius 2 is 2.30 bits per heavy atom. The second kappa shape index (κ2) is 5.73. The van der Waals surface area contributed by atoms with Crippen molar-refractivity contribution < 1.29 is 0 Å². The third-order valence-corrected chi connectivity index (χ3v) is 3.87. The zero-order valence-electron chi connectivity index (χ0n) is 11.8. The van der Waals surface area contributed by atoms with Crippen molar-refractivity contribution >= 4 is 0 Å². The zero-order chi connectivity index (χ0) is 13.9. The SMILES string of the molecule is CN(Cc1ccccn1)C(CN)c1cncn1C1CC1. The van der Waals surface area contributed by atoms with Crippen molar-refractivity contribution in [1.29, 1.82) is 0 Å². The first kappa shape index (κ1) is 13.3. The average Bonchev–Trinajstić information content (AvgIpc) is 3.20. The first-order valence-corrected chi connectivity index (χ1v) is 7.11. The van der Waals surface area contributed by atoms with Gasteiger partial charge >= 0.3 is 0 Å². The molecule has 1 unspecified atom stereocenters. The first-order valence-electron chi connectivity index (χ1n) is 7.11. The number of hydrogen-bond donors (Lipinski definition) is 1. The highest BCUT2D eigenvalue weighted by Gasteiger charge is 2.28. The summed E-state index contributed by atoms with van der Waals surface area (Å²) in [5.41, 5.74) is 8.28. The highest BCUT2D eigenvalue weighted by Crippen LogP contribution is 2.37. The zero-order valence-corrected chi connectivity index (χ0v) is 11.8. The number of rotatable bonds is 6.